The maximum atomic E-state index is 11.8. The molecule has 20 heavy (non-hydrogen) atoms. The zero-order valence-electron chi connectivity index (χ0n) is 11.3. The number of aromatic nitrogens is 1. The molecule has 2 aromatic rings. The van der Waals surface area contributed by atoms with Gasteiger partial charge < -0.3 is 9.73 Å². The van der Waals surface area contributed by atoms with Gasteiger partial charge in [-0.25, -0.2) is 4.79 Å². The van der Waals surface area contributed by atoms with E-state index in [2.05, 4.69) is 12.2 Å². The zero-order chi connectivity index (χ0) is 14.5. The van der Waals surface area contributed by atoms with Crippen molar-refractivity contribution < 1.29 is 9.21 Å². The van der Waals surface area contributed by atoms with Gasteiger partial charge in [-0.3, -0.25) is 9.36 Å². The molecule has 6 heteroatoms. The molecule has 0 aliphatic heterocycles. The molecule has 0 fully saturated rings. The molecular formula is C14H17ClN2O3. The molecule has 2 rings (SSSR count). The Bertz CT molecular complexity index is 660. The lowest BCUT2D eigenvalue weighted by Crippen LogP contribution is -2.31. The van der Waals surface area contributed by atoms with Crippen molar-refractivity contribution in [1.82, 2.24) is 9.88 Å². The van der Waals surface area contributed by atoms with E-state index in [0.29, 0.717) is 22.7 Å². The van der Waals surface area contributed by atoms with Gasteiger partial charge in [-0.05, 0) is 18.6 Å². The van der Waals surface area contributed by atoms with Gasteiger partial charge in [-0.2, -0.15) is 0 Å². The first-order valence-corrected chi connectivity index (χ1v) is 7.05. The molecule has 0 bridgehead atoms. The number of fused-ring (bicyclic) bond motifs is 1. The quantitative estimate of drug-likeness (QED) is 0.833. The molecule has 0 atom stereocenters. The fraction of sp³-hybridized carbons (Fsp3) is 0.429. The summed E-state index contributed by atoms with van der Waals surface area (Å²) in [4.78, 5) is 23.5. The van der Waals surface area contributed by atoms with Crippen LogP contribution in [0, 0.1) is 0 Å². The van der Waals surface area contributed by atoms with Crippen LogP contribution >= 0.6 is 11.6 Å². The fourth-order valence-corrected chi connectivity index (χ4v) is 2.15. The summed E-state index contributed by atoms with van der Waals surface area (Å²) in [5.74, 6) is -0.744. The van der Waals surface area contributed by atoms with Gasteiger partial charge in [0, 0.05) is 17.6 Å². The first-order chi connectivity index (χ1) is 9.61. The molecule has 108 valence electrons. The maximum absolute atomic E-state index is 11.8. The Labute approximate surface area is 121 Å². The number of halogens is 1. The Morgan fingerprint density at radius 1 is 1.40 bits per heavy atom. The first-order valence-electron chi connectivity index (χ1n) is 6.67. The number of rotatable bonds is 6. The molecule has 0 aliphatic rings. The molecule has 0 saturated heterocycles. The highest BCUT2D eigenvalue weighted by Crippen LogP contribution is 2.18. The van der Waals surface area contributed by atoms with Gasteiger partial charge in [0.05, 0.1) is 5.52 Å². The average Bonchev–Trinajstić information content (AvgIpc) is 2.70. The molecule has 0 unspecified atom stereocenters. The van der Waals surface area contributed by atoms with Gasteiger partial charge in [0.25, 0.3) is 0 Å². The van der Waals surface area contributed by atoms with Crippen molar-refractivity contribution in [3.63, 3.8) is 0 Å². The van der Waals surface area contributed by atoms with E-state index in [9.17, 15) is 9.59 Å². The third kappa shape index (κ3) is 3.42. The molecule has 5 nitrogen and oxygen atoms in total. The largest absolute Gasteiger partial charge is 0.420 e. The molecule has 0 radical (unpaired) electrons. The van der Waals surface area contributed by atoms with Crippen LogP contribution in [0.4, 0.5) is 0 Å². The van der Waals surface area contributed by atoms with E-state index in [1.807, 2.05) is 0 Å². The second-order valence-electron chi connectivity index (χ2n) is 4.62. The standard InChI is InChI=1S/C14H17ClN2O3/c1-2-3-4-7-16-13(18)9-17-11-6-5-10(15)8-12(11)20-14(17)19/h5-6,8H,2-4,7,9H2,1H3,(H,16,18). The van der Waals surface area contributed by atoms with E-state index < -0.39 is 5.76 Å². The average molecular weight is 297 g/mol. The van der Waals surface area contributed by atoms with E-state index in [1.54, 1.807) is 18.2 Å². The fourth-order valence-electron chi connectivity index (χ4n) is 1.99. The number of oxazole rings is 1. The van der Waals surface area contributed by atoms with E-state index in [-0.39, 0.29) is 12.5 Å². The molecule has 1 aromatic heterocycles. The Hall–Kier alpha value is -1.75. The van der Waals surface area contributed by atoms with E-state index in [1.165, 1.54) is 4.57 Å². The highest BCUT2D eigenvalue weighted by Gasteiger charge is 2.12. The maximum Gasteiger partial charge on any atom is 0.420 e. The van der Waals surface area contributed by atoms with Gasteiger partial charge >= 0.3 is 5.76 Å². The number of amides is 1. The third-order valence-corrected chi connectivity index (χ3v) is 3.27. The van der Waals surface area contributed by atoms with Gasteiger partial charge in [0.15, 0.2) is 5.58 Å². The summed E-state index contributed by atoms with van der Waals surface area (Å²) in [6.45, 7) is 2.69. The lowest BCUT2D eigenvalue weighted by molar-refractivity contribution is -0.121. The Morgan fingerprint density at radius 2 is 2.20 bits per heavy atom. The van der Waals surface area contributed by atoms with Crippen LogP contribution in [0.25, 0.3) is 11.1 Å². The minimum atomic E-state index is -0.550. The van der Waals surface area contributed by atoms with E-state index in [4.69, 9.17) is 16.0 Å². The lowest BCUT2D eigenvalue weighted by atomic mass is 10.2. The lowest BCUT2D eigenvalue weighted by Gasteiger charge is -2.05. The van der Waals surface area contributed by atoms with Crippen molar-refractivity contribution in [3.8, 4) is 0 Å². The summed E-state index contributed by atoms with van der Waals surface area (Å²) in [5, 5.41) is 3.28. The number of hydrogen-bond acceptors (Lipinski definition) is 3. The van der Waals surface area contributed by atoms with E-state index >= 15 is 0 Å². The molecule has 1 N–H and O–H groups in total. The van der Waals surface area contributed by atoms with Crippen LogP contribution in [-0.4, -0.2) is 17.0 Å². The van der Waals surface area contributed by atoms with Gasteiger partial charge in [0.1, 0.15) is 6.54 Å². The highest BCUT2D eigenvalue weighted by atomic mass is 35.5. The van der Waals surface area contributed by atoms with Crippen molar-refractivity contribution in [3.05, 3.63) is 33.8 Å². The summed E-state index contributed by atoms with van der Waals surface area (Å²) in [6.07, 6.45) is 3.12. The number of nitrogens with one attached hydrogen (secondary N) is 1. The van der Waals surface area contributed by atoms with Gasteiger partial charge in [-0.15, -0.1) is 0 Å². The molecule has 1 amide bonds. The predicted octanol–water partition coefficient (Wildman–Crippen LogP) is 2.55. The van der Waals surface area contributed by atoms with Crippen LogP contribution in [-0.2, 0) is 11.3 Å². The van der Waals surface area contributed by atoms with Gasteiger partial charge in [-0.1, -0.05) is 31.4 Å². The van der Waals surface area contributed by atoms with Crippen LogP contribution in [0.5, 0.6) is 0 Å². The minimum absolute atomic E-state index is 0.0421. The minimum Gasteiger partial charge on any atom is -0.408 e. The molecule has 0 saturated carbocycles. The smallest absolute Gasteiger partial charge is 0.408 e. The van der Waals surface area contributed by atoms with Crippen LogP contribution in [0.15, 0.2) is 27.4 Å². The number of carbonyl (C=O) groups excluding carboxylic acids is 1. The van der Waals surface area contributed by atoms with Crippen LogP contribution in [0.1, 0.15) is 26.2 Å². The number of unbranched alkanes of at least 4 members (excludes halogenated alkanes) is 2. The van der Waals surface area contributed by atoms with Crippen molar-refractivity contribution in [1.29, 1.82) is 0 Å². The Balaban J connectivity index is 2.07. The number of nitrogens with zero attached hydrogens (tertiary/aromatic N) is 1. The number of carbonyl (C=O) groups is 1. The van der Waals surface area contributed by atoms with E-state index in [0.717, 1.165) is 19.3 Å². The highest BCUT2D eigenvalue weighted by molar-refractivity contribution is 6.31. The second kappa shape index (κ2) is 6.61. The van der Waals surface area contributed by atoms with Crippen molar-refractivity contribution in [2.24, 2.45) is 0 Å². The van der Waals surface area contributed by atoms with Crippen molar-refractivity contribution >= 4 is 28.6 Å². The summed E-state index contributed by atoms with van der Waals surface area (Å²) < 4.78 is 6.37. The topological polar surface area (TPSA) is 64.2 Å². The predicted molar refractivity (Wildman–Crippen MR) is 78.0 cm³/mol. The summed E-state index contributed by atoms with van der Waals surface area (Å²) in [6, 6.07) is 4.90. The van der Waals surface area contributed by atoms with Crippen LogP contribution < -0.4 is 11.1 Å². The second-order valence-corrected chi connectivity index (χ2v) is 5.06. The molecule has 1 aromatic carbocycles. The summed E-state index contributed by atoms with van der Waals surface area (Å²) in [5.41, 5.74) is 0.962. The SMILES string of the molecule is CCCCCNC(=O)Cn1c(=O)oc2cc(Cl)ccc21. The molecule has 0 aliphatic carbocycles. The molecular weight excluding hydrogens is 280 g/mol. The van der Waals surface area contributed by atoms with Crippen molar-refractivity contribution in [2.45, 2.75) is 32.7 Å². The molecule has 0 spiro atoms. The van der Waals surface area contributed by atoms with Gasteiger partial charge in [0.2, 0.25) is 5.91 Å². The normalized spacial score (nSPS) is 10.9. The summed E-state index contributed by atoms with van der Waals surface area (Å²) in [7, 11) is 0. The van der Waals surface area contributed by atoms with Crippen LogP contribution in [0.3, 0.4) is 0 Å². The zero-order valence-corrected chi connectivity index (χ0v) is 12.1. The molecule has 1 heterocycles. The monoisotopic (exact) mass is 296 g/mol. The Morgan fingerprint density at radius 3 is 2.95 bits per heavy atom. The number of hydrogen-bond donors (Lipinski definition) is 1. The first kappa shape index (κ1) is 14.7. The Kier molecular flexibility index (Phi) is 4.84. The number of benzene rings is 1. The third-order valence-electron chi connectivity index (χ3n) is 3.03. The van der Waals surface area contributed by atoms with Crippen molar-refractivity contribution in [2.75, 3.05) is 6.54 Å². The summed E-state index contributed by atoms with van der Waals surface area (Å²) >= 11 is 5.83. The van der Waals surface area contributed by atoms with Crippen LogP contribution in [0.2, 0.25) is 5.02 Å².